The van der Waals surface area contributed by atoms with Crippen LogP contribution in [0.5, 0.6) is 5.75 Å². The molecule has 1 aliphatic heterocycles. The van der Waals surface area contributed by atoms with Crippen LogP contribution in [-0.4, -0.2) is 29.1 Å². The predicted octanol–water partition coefficient (Wildman–Crippen LogP) is 3.96. The predicted molar refractivity (Wildman–Crippen MR) is 77.1 cm³/mol. The summed E-state index contributed by atoms with van der Waals surface area (Å²) in [6.45, 7) is 3.70. The zero-order valence-electron chi connectivity index (χ0n) is 10.6. The molecule has 2 rings (SSSR count). The Kier molecular flexibility index (Phi) is 4.42. The van der Waals surface area contributed by atoms with Crippen LogP contribution >= 0.6 is 23.2 Å². The summed E-state index contributed by atoms with van der Waals surface area (Å²) in [5.41, 5.74) is 0.483. The SMILES string of the molecule is CC1CCN(C(=O)Nc2cc(Cl)c(O)c(Cl)c2)CC1. The van der Waals surface area contributed by atoms with Crippen LogP contribution in [0.3, 0.4) is 0 Å². The van der Waals surface area contributed by atoms with Crippen molar-refractivity contribution in [3.8, 4) is 5.75 Å². The first-order chi connectivity index (χ1) is 8.97. The molecule has 0 atom stereocenters. The zero-order valence-corrected chi connectivity index (χ0v) is 12.1. The first-order valence-electron chi connectivity index (χ1n) is 6.21. The highest BCUT2D eigenvalue weighted by Crippen LogP contribution is 2.34. The van der Waals surface area contributed by atoms with E-state index in [9.17, 15) is 9.90 Å². The van der Waals surface area contributed by atoms with Gasteiger partial charge >= 0.3 is 6.03 Å². The Labute approximate surface area is 122 Å². The number of phenols is 1. The Balaban J connectivity index is 2.03. The van der Waals surface area contributed by atoms with Crippen molar-refractivity contribution in [2.24, 2.45) is 5.92 Å². The molecule has 2 amide bonds. The fourth-order valence-electron chi connectivity index (χ4n) is 2.05. The minimum atomic E-state index is -0.173. The molecule has 2 N–H and O–H groups in total. The van der Waals surface area contributed by atoms with Gasteiger partial charge in [-0.1, -0.05) is 30.1 Å². The molecule has 19 heavy (non-hydrogen) atoms. The lowest BCUT2D eigenvalue weighted by Crippen LogP contribution is -2.40. The quantitative estimate of drug-likeness (QED) is 0.771. The molecule has 1 heterocycles. The van der Waals surface area contributed by atoms with Crippen molar-refractivity contribution in [2.45, 2.75) is 19.8 Å². The molecule has 1 aromatic rings. The summed E-state index contributed by atoms with van der Waals surface area (Å²) in [6, 6.07) is 2.80. The maximum Gasteiger partial charge on any atom is 0.321 e. The fourth-order valence-corrected chi connectivity index (χ4v) is 2.54. The summed E-state index contributed by atoms with van der Waals surface area (Å²) < 4.78 is 0. The van der Waals surface area contributed by atoms with Crippen LogP contribution in [0.25, 0.3) is 0 Å². The van der Waals surface area contributed by atoms with E-state index in [2.05, 4.69) is 12.2 Å². The van der Waals surface area contributed by atoms with E-state index in [1.807, 2.05) is 0 Å². The number of anilines is 1. The van der Waals surface area contributed by atoms with Crippen molar-refractivity contribution in [3.05, 3.63) is 22.2 Å². The molecule has 1 aliphatic rings. The molecule has 0 aliphatic carbocycles. The number of urea groups is 1. The van der Waals surface area contributed by atoms with Crippen LogP contribution < -0.4 is 5.32 Å². The van der Waals surface area contributed by atoms with Crippen LogP contribution in [-0.2, 0) is 0 Å². The Hall–Kier alpha value is -1.13. The minimum Gasteiger partial charge on any atom is -0.505 e. The second-order valence-electron chi connectivity index (χ2n) is 4.89. The van der Waals surface area contributed by atoms with Crippen LogP contribution in [0.15, 0.2) is 12.1 Å². The van der Waals surface area contributed by atoms with Crippen molar-refractivity contribution < 1.29 is 9.90 Å². The van der Waals surface area contributed by atoms with E-state index in [1.54, 1.807) is 4.90 Å². The average molecular weight is 303 g/mol. The summed E-state index contributed by atoms with van der Waals surface area (Å²) >= 11 is 11.6. The van der Waals surface area contributed by atoms with E-state index in [0.717, 1.165) is 25.9 Å². The normalized spacial score (nSPS) is 16.5. The third-order valence-electron chi connectivity index (χ3n) is 3.34. The molecule has 6 heteroatoms. The molecule has 0 radical (unpaired) electrons. The number of likely N-dealkylation sites (tertiary alicyclic amines) is 1. The summed E-state index contributed by atoms with van der Waals surface area (Å²) in [6.07, 6.45) is 2.04. The molecule has 0 bridgehead atoms. The van der Waals surface area contributed by atoms with E-state index >= 15 is 0 Å². The average Bonchev–Trinajstić information content (AvgIpc) is 2.36. The van der Waals surface area contributed by atoms with E-state index in [1.165, 1.54) is 12.1 Å². The third-order valence-corrected chi connectivity index (χ3v) is 3.92. The lowest BCUT2D eigenvalue weighted by Gasteiger charge is -2.30. The smallest absolute Gasteiger partial charge is 0.321 e. The molecular weight excluding hydrogens is 287 g/mol. The second kappa shape index (κ2) is 5.88. The number of carbonyl (C=O) groups is 1. The van der Waals surface area contributed by atoms with E-state index in [-0.39, 0.29) is 21.8 Å². The lowest BCUT2D eigenvalue weighted by atomic mass is 10.00. The van der Waals surface area contributed by atoms with Gasteiger partial charge in [-0.3, -0.25) is 0 Å². The van der Waals surface area contributed by atoms with Gasteiger partial charge in [-0.05, 0) is 30.9 Å². The number of nitrogens with one attached hydrogen (secondary N) is 1. The van der Waals surface area contributed by atoms with Gasteiger partial charge in [-0.2, -0.15) is 0 Å². The Bertz CT molecular complexity index is 463. The van der Waals surface area contributed by atoms with Gasteiger partial charge in [0.05, 0.1) is 10.0 Å². The Morgan fingerprint density at radius 2 is 1.84 bits per heavy atom. The second-order valence-corrected chi connectivity index (χ2v) is 5.70. The van der Waals surface area contributed by atoms with Crippen molar-refractivity contribution >= 4 is 34.9 Å². The topological polar surface area (TPSA) is 52.6 Å². The van der Waals surface area contributed by atoms with Crippen molar-refractivity contribution in [3.63, 3.8) is 0 Å². The van der Waals surface area contributed by atoms with Crippen LogP contribution in [0.1, 0.15) is 19.8 Å². The van der Waals surface area contributed by atoms with Gasteiger partial charge in [-0.15, -0.1) is 0 Å². The number of benzene rings is 1. The number of aromatic hydroxyl groups is 1. The van der Waals surface area contributed by atoms with Crippen molar-refractivity contribution in [1.29, 1.82) is 0 Å². The summed E-state index contributed by atoms with van der Waals surface area (Å²) in [7, 11) is 0. The van der Waals surface area contributed by atoms with Crippen LogP contribution in [0.4, 0.5) is 10.5 Å². The van der Waals surface area contributed by atoms with Crippen molar-refractivity contribution in [1.82, 2.24) is 4.90 Å². The maximum absolute atomic E-state index is 12.0. The number of carbonyl (C=O) groups excluding carboxylic acids is 1. The minimum absolute atomic E-state index is 0.120. The lowest BCUT2D eigenvalue weighted by molar-refractivity contribution is 0.186. The van der Waals surface area contributed by atoms with Gasteiger partial charge < -0.3 is 15.3 Å². The molecule has 4 nitrogen and oxygen atoms in total. The van der Waals surface area contributed by atoms with Gasteiger partial charge in [0.15, 0.2) is 5.75 Å². The monoisotopic (exact) mass is 302 g/mol. The van der Waals surface area contributed by atoms with E-state index in [4.69, 9.17) is 23.2 Å². The Morgan fingerprint density at radius 1 is 1.32 bits per heavy atom. The van der Waals surface area contributed by atoms with Crippen LogP contribution in [0, 0.1) is 5.92 Å². The molecule has 1 aromatic carbocycles. The number of hydrogen-bond donors (Lipinski definition) is 2. The van der Waals surface area contributed by atoms with E-state index in [0.29, 0.717) is 11.6 Å². The molecule has 0 unspecified atom stereocenters. The molecule has 0 spiro atoms. The zero-order chi connectivity index (χ0) is 14.0. The summed E-state index contributed by atoms with van der Waals surface area (Å²) in [5.74, 6) is 0.495. The highest BCUT2D eigenvalue weighted by molar-refractivity contribution is 6.37. The van der Waals surface area contributed by atoms with Gasteiger partial charge in [0.2, 0.25) is 0 Å². The molecular formula is C13H16Cl2N2O2. The molecule has 0 saturated carbocycles. The summed E-state index contributed by atoms with van der Waals surface area (Å²) in [4.78, 5) is 13.8. The molecule has 0 aromatic heterocycles. The number of phenolic OH excluding ortho intramolecular Hbond substituents is 1. The molecule has 1 fully saturated rings. The molecule has 104 valence electrons. The largest absolute Gasteiger partial charge is 0.505 e. The number of hydrogen-bond acceptors (Lipinski definition) is 2. The van der Waals surface area contributed by atoms with Crippen LogP contribution in [0.2, 0.25) is 10.0 Å². The number of halogens is 2. The van der Waals surface area contributed by atoms with Gasteiger partial charge in [0.25, 0.3) is 0 Å². The Morgan fingerprint density at radius 3 is 2.37 bits per heavy atom. The number of piperidine rings is 1. The number of rotatable bonds is 1. The first kappa shape index (κ1) is 14.3. The standard InChI is InChI=1S/C13H16Cl2N2O2/c1-8-2-4-17(5-3-8)13(19)16-9-6-10(14)12(18)11(15)7-9/h6-8,18H,2-5H2,1H3,(H,16,19). The van der Waals surface area contributed by atoms with Gasteiger partial charge in [0.1, 0.15) is 0 Å². The molecule has 1 saturated heterocycles. The van der Waals surface area contributed by atoms with E-state index < -0.39 is 0 Å². The van der Waals surface area contributed by atoms with Gasteiger partial charge in [-0.25, -0.2) is 4.79 Å². The number of nitrogens with zero attached hydrogens (tertiary/aromatic N) is 1. The fraction of sp³-hybridized carbons (Fsp3) is 0.462. The van der Waals surface area contributed by atoms with Gasteiger partial charge in [0, 0.05) is 18.8 Å². The first-order valence-corrected chi connectivity index (χ1v) is 6.97. The van der Waals surface area contributed by atoms with Crippen molar-refractivity contribution in [2.75, 3.05) is 18.4 Å². The summed E-state index contributed by atoms with van der Waals surface area (Å²) in [5, 5.41) is 12.4. The maximum atomic E-state index is 12.0. The highest BCUT2D eigenvalue weighted by Gasteiger charge is 2.20. The number of amides is 2. The highest BCUT2D eigenvalue weighted by atomic mass is 35.5. The third kappa shape index (κ3) is 3.45.